The third-order valence-corrected chi connectivity index (χ3v) is 5.25. The monoisotopic (exact) mass is 418 g/mol. The molecule has 7 heteroatoms. The van der Waals surface area contributed by atoms with Crippen LogP contribution in [0.1, 0.15) is 28.3 Å². The van der Waals surface area contributed by atoms with E-state index >= 15 is 0 Å². The Kier molecular flexibility index (Phi) is 5.25. The van der Waals surface area contributed by atoms with Gasteiger partial charge in [0.15, 0.2) is 0 Å². The zero-order valence-corrected chi connectivity index (χ0v) is 16.6. The molecule has 1 amide bonds. The van der Waals surface area contributed by atoms with Crippen molar-refractivity contribution in [1.82, 2.24) is 9.88 Å². The van der Waals surface area contributed by atoms with Crippen LogP contribution in [0.3, 0.4) is 0 Å². The van der Waals surface area contributed by atoms with Gasteiger partial charge >= 0.3 is 0 Å². The number of hydrogen-bond donors (Lipinski definition) is 2. The van der Waals surface area contributed by atoms with Gasteiger partial charge in [0.2, 0.25) is 0 Å². The zero-order valence-electron chi connectivity index (χ0n) is 16.6. The summed E-state index contributed by atoms with van der Waals surface area (Å²) in [6, 6.07) is 12.7. The number of halogens is 1. The molecule has 2 aromatic carbocycles. The molecule has 156 valence electrons. The summed E-state index contributed by atoms with van der Waals surface area (Å²) < 4.78 is 14.1. The van der Waals surface area contributed by atoms with E-state index in [1.807, 2.05) is 0 Å². The number of pyridine rings is 1. The smallest absolute Gasteiger partial charge is 0.295 e. The average molecular weight is 418 g/mol. The molecule has 1 saturated heterocycles. The van der Waals surface area contributed by atoms with Crippen LogP contribution in [0.15, 0.2) is 72.6 Å². The van der Waals surface area contributed by atoms with Crippen LogP contribution in [0.4, 0.5) is 4.39 Å². The Bertz CT molecular complexity index is 1210. The molecule has 0 radical (unpaired) electrons. The standard InChI is InChI=1S/C24H19FN2O4/c1-14-7-8-17(11-19(14)25)22(29)20-21(16-5-2-6-18(28)10-16)27(24(31)23(20)30)13-15-4-3-9-26-12-15/h2-12,21,28-29H,13H2,1H3/b22-20+. The molecular weight excluding hydrogens is 399 g/mol. The van der Waals surface area contributed by atoms with E-state index in [-0.39, 0.29) is 23.4 Å². The van der Waals surface area contributed by atoms with Gasteiger partial charge in [-0.15, -0.1) is 0 Å². The van der Waals surface area contributed by atoms with Crippen LogP contribution in [0.2, 0.25) is 0 Å². The number of Topliss-reactive ketones (excluding diaryl/α,β-unsaturated/α-hetero) is 1. The van der Waals surface area contributed by atoms with E-state index in [1.54, 1.807) is 43.6 Å². The predicted octanol–water partition coefficient (Wildman–Crippen LogP) is 3.86. The Morgan fingerprint density at radius 1 is 1.13 bits per heavy atom. The van der Waals surface area contributed by atoms with Gasteiger partial charge in [0.1, 0.15) is 17.3 Å². The second kappa shape index (κ2) is 8.02. The molecule has 6 nitrogen and oxygen atoms in total. The number of nitrogens with zero attached hydrogens (tertiary/aromatic N) is 2. The van der Waals surface area contributed by atoms with Gasteiger partial charge in [-0.3, -0.25) is 14.6 Å². The van der Waals surface area contributed by atoms with Gasteiger partial charge < -0.3 is 15.1 Å². The maximum absolute atomic E-state index is 14.1. The average Bonchev–Trinajstić information content (AvgIpc) is 3.01. The van der Waals surface area contributed by atoms with Gasteiger partial charge in [-0.2, -0.15) is 0 Å². The number of likely N-dealkylation sites (tertiary alicyclic amines) is 1. The van der Waals surface area contributed by atoms with Gasteiger partial charge in [-0.25, -0.2) is 4.39 Å². The van der Waals surface area contributed by atoms with E-state index in [2.05, 4.69) is 4.98 Å². The lowest BCUT2D eigenvalue weighted by molar-refractivity contribution is -0.140. The number of ketones is 1. The molecule has 31 heavy (non-hydrogen) atoms. The van der Waals surface area contributed by atoms with Crippen molar-refractivity contribution in [2.45, 2.75) is 19.5 Å². The zero-order chi connectivity index (χ0) is 22.1. The highest BCUT2D eigenvalue weighted by Gasteiger charge is 2.46. The molecule has 0 bridgehead atoms. The number of phenolic OH excluding ortho intramolecular Hbond substituents is 1. The lowest BCUT2D eigenvalue weighted by Crippen LogP contribution is -2.29. The summed E-state index contributed by atoms with van der Waals surface area (Å²) in [6.07, 6.45) is 3.17. The number of aromatic nitrogens is 1. The Morgan fingerprint density at radius 3 is 2.61 bits per heavy atom. The van der Waals surface area contributed by atoms with Gasteiger partial charge in [0.25, 0.3) is 11.7 Å². The van der Waals surface area contributed by atoms with Gasteiger partial charge in [-0.05, 0) is 47.9 Å². The van der Waals surface area contributed by atoms with E-state index in [0.717, 1.165) is 6.07 Å². The summed E-state index contributed by atoms with van der Waals surface area (Å²) >= 11 is 0. The first kappa shape index (κ1) is 20.3. The minimum Gasteiger partial charge on any atom is -0.508 e. The summed E-state index contributed by atoms with van der Waals surface area (Å²) in [6.45, 7) is 1.65. The van der Waals surface area contributed by atoms with Crippen molar-refractivity contribution in [3.8, 4) is 5.75 Å². The lowest BCUT2D eigenvalue weighted by Gasteiger charge is -2.25. The molecule has 2 heterocycles. The number of aryl methyl sites for hydroxylation is 1. The third-order valence-electron chi connectivity index (χ3n) is 5.25. The number of aliphatic hydroxyl groups excluding tert-OH is 1. The number of carbonyl (C=O) groups excluding carboxylic acids is 2. The Labute approximate surface area is 177 Å². The predicted molar refractivity (Wildman–Crippen MR) is 111 cm³/mol. The van der Waals surface area contributed by atoms with Crippen LogP contribution >= 0.6 is 0 Å². The van der Waals surface area contributed by atoms with Crippen LogP contribution in [0.5, 0.6) is 5.75 Å². The first-order valence-electron chi connectivity index (χ1n) is 9.59. The van der Waals surface area contributed by atoms with Crippen LogP contribution in [0, 0.1) is 12.7 Å². The second-order valence-electron chi connectivity index (χ2n) is 7.35. The van der Waals surface area contributed by atoms with Gasteiger partial charge in [0.05, 0.1) is 11.6 Å². The highest BCUT2D eigenvalue weighted by molar-refractivity contribution is 6.46. The van der Waals surface area contributed by atoms with Gasteiger partial charge in [-0.1, -0.05) is 30.3 Å². The van der Waals surface area contributed by atoms with Crippen molar-refractivity contribution in [2.75, 3.05) is 0 Å². The molecular formula is C24H19FN2O4. The van der Waals surface area contributed by atoms with Crippen LogP contribution in [0.25, 0.3) is 5.76 Å². The minimum absolute atomic E-state index is 0.0501. The largest absolute Gasteiger partial charge is 0.508 e. The number of carbonyl (C=O) groups is 2. The van der Waals surface area contributed by atoms with Gasteiger partial charge in [0, 0.05) is 24.5 Å². The molecule has 1 aliphatic rings. The molecule has 2 N–H and O–H groups in total. The number of benzene rings is 2. The second-order valence-corrected chi connectivity index (χ2v) is 7.35. The summed E-state index contributed by atoms with van der Waals surface area (Å²) in [4.78, 5) is 31.2. The SMILES string of the molecule is Cc1ccc(/C(O)=C2\C(=O)C(=O)N(Cc3cccnc3)C2c2cccc(O)c2)cc1F. The summed E-state index contributed by atoms with van der Waals surface area (Å²) in [5.41, 5.74) is 1.45. The van der Waals surface area contributed by atoms with Crippen molar-refractivity contribution in [2.24, 2.45) is 0 Å². The van der Waals surface area contributed by atoms with E-state index in [9.17, 15) is 24.2 Å². The number of hydrogen-bond acceptors (Lipinski definition) is 5. The fourth-order valence-corrected chi connectivity index (χ4v) is 3.67. The van der Waals surface area contributed by atoms with E-state index in [0.29, 0.717) is 16.7 Å². The topological polar surface area (TPSA) is 90.7 Å². The normalized spacial score (nSPS) is 17.9. The lowest BCUT2D eigenvalue weighted by atomic mass is 9.94. The van der Waals surface area contributed by atoms with E-state index in [4.69, 9.17) is 0 Å². The third kappa shape index (κ3) is 3.77. The van der Waals surface area contributed by atoms with Crippen molar-refractivity contribution in [1.29, 1.82) is 0 Å². The highest BCUT2D eigenvalue weighted by Crippen LogP contribution is 2.41. The highest BCUT2D eigenvalue weighted by atomic mass is 19.1. The number of rotatable bonds is 4. The maximum Gasteiger partial charge on any atom is 0.295 e. The fourth-order valence-electron chi connectivity index (χ4n) is 3.67. The molecule has 4 rings (SSSR count). The van der Waals surface area contributed by atoms with Crippen LogP contribution in [-0.2, 0) is 16.1 Å². The quantitative estimate of drug-likeness (QED) is 0.382. The fraction of sp³-hybridized carbons (Fsp3) is 0.125. The Morgan fingerprint density at radius 2 is 1.94 bits per heavy atom. The number of aromatic hydroxyl groups is 1. The van der Waals surface area contributed by atoms with Crippen molar-refractivity contribution >= 4 is 17.4 Å². The molecule has 0 saturated carbocycles. The van der Waals surface area contributed by atoms with Crippen molar-refractivity contribution in [3.05, 3.63) is 101 Å². The van der Waals surface area contributed by atoms with Crippen molar-refractivity contribution < 1.29 is 24.2 Å². The molecule has 3 aromatic rings. The van der Waals surface area contributed by atoms with Crippen LogP contribution in [-0.4, -0.2) is 31.8 Å². The Hall–Kier alpha value is -4.00. The molecule has 1 aromatic heterocycles. The molecule has 1 aliphatic heterocycles. The minimum atomic E-state index is -0.961. The van der Waals surface area contributed by atoms with E-state index < -0.39 is 29.3 Å². The number of aliphatic hydroxyl groups is 1. The molecule has 1 atom stereocenters. The van der Waals surface area contributed by atoms with Crippen molar-refractivity contribution in [3.63, 3.8) is 0 Å². The summed E-state index contributed by atoms with van der Waals surface area (Å²) in [5.74, 6) is -2.74. The summed E-state index contributed by atoms with van der Waals surface area (Å²) in [5, 5.41) is 20.9. The molecule has 1 unspecified atom stereocenters. The molecule has 0 aliphatic carbocycles. The Balaban J connectivity index is 1.88. The number of phenols is 1. The van der Waals surface area contributed by atoms with Crippen LogP contribution < -0.4 is 0 Å². The van der Waals surface area contributed by atoms with E-state index in [1.165, 1.54) is 29.2 Å². The summed E-state index contributed by atoms with van der Waals surface area (Å²) in [7, 11) is 0. The first-order valence-corrected chi connectivity index (χ1v) is 9.59. The molecule has 1 fully saturated rings. The molecule has 0 spiro atoms. The first-order chi connectivity index (χ1) is 14.9. The number of amides is 1. The maximum atomic E-state index is 14.1.